The lowest BCUT2D eigenvalue weighted by atomic mass is 10.2. The molecule has 2 unspecified atom stereocenters. The molecule has 112 valence electrons. The maximum Gasteiger partial charge on any atom is 0.326 e. The van der Waals surface area contributed by atoms with Crippen molar-refractivity contribution in [2.75, 3.05) is 6.61 Å². The fourth-order valence-corrected chi connectivity index (χ4v) is 2.78. The summed E-state index contributed by atoms with van der Waals surface area (Å²) < 4.78 is 0. The van der Waals surface area contributed by atoms with Gasteiger partial charge in [0.25, 0.3) is 0 Å². The second-order valence-corrected chi connectivity index (χ2v) is 6.01. The van der Waals surface area contributed by atoms with Crippen LogP contribution in [0.5, 0.6) is 0 Å². The largest absolute Gasteiger partial charge is 0.480 e. The Morgan fingerprint density at radius 2 is 2.05 bits per heavy atom. The first kappa shape index (κ1) is 16.5. The first-order valence-corrected chi connectivity index (χ1v) is 7.20. The molecule has 1 heterocycles. The lowest BCUT2D eigenvalue weighted by molar-refractivity contribution is -0.139. The van der Waals surface area contributed by atoms with Gasteiger partial charge in [0, 0.05) is 35.2 Å². The van der Waals surface area contributed by atoms with Crippen molar-refractivity contribution in [3.05, 3.63) is 21.9 Å². The first-order valence-electron chi connectivity index (χ1n) is 6.38. The molecule has 4 N–H and O–H groups in total. The number of aliphatic carboxylic acids is 1. The Morgan fingerprint density at radius 1 is 1.35 bits per heavy atom. The zero-order valence-corrected chi connectivity index (χ0v) is 12.4. The van der Waals surface area contributed by atoms with Crippen LogP contribution in [0.3, 0.4) is 0 Å². The molecule has 1 aromatic rings. The standard InChI is InChI=1S/C13H20N2O4S/c1-8(7-10-4-3-9(2)20-10)14-13(19)15-11(5-6-16)12(17)18/h3-4,8,11,16H,5-7H2,1-2H3,(H,17,18)(H2,14,15,19). The van der Waals surface area contributed by atoms with Crippen molar-refractivity contribution >= 4 is 23.3 Å². The summed E-state index contributed by atoms with van der Waals surface area (Å²) in [4.78, 5) is 24.9. The van der Waals surface area contributed by atoms with Crippen LogP contribution in [-0.4, -0.2) is 40.9 Å². The number of urea groups is 1. The quantitative estimate of drug-likeness (QED) is 0.606. The van der Waals surface area contributed by atoms with E-state index < -0.39 is 18.0 Å². The smallest absolute Gasteiger partial charge is 0.326 e. The highest BCUT2D eigenvalue weighted by molar-refractivity contribution is 7.11. The number of aliphatic hydroxyl groups is 1. The van der Waals surface area contributed by atoms with Crippen molar-refractivity contribution in [3.63, 3.8) is 0 Å². The van der Waals surface area contributed by atoms with Crippen molar-refractivity contribution in [3.8, 4) is 0 Å². The third kappa shape index (κ3) is 5.58. The number of aryl methyl sites for hydroxylation is 1. The maximum atomic E-state index is 11.7. The van der Waals surface area contributed by atoms with Crippen LogP contribution in [0.4, 0.5) is 4.79 Å². The van der Waals surface area contributed by atoms with Crippen LogP contribution in [0, 0.1) is 6.92 Å². The summed E-state index contributed by atoms with van der Waals surface area (Å²) in [6.45, 7) is 3.59. The molecule has 0 spiro atoms. The third-order valence-corrected chi connectivity index (χ3v) is 3.73. The van der Waals surface area contributed by atoms with Crippen molar-refractivity contribution in [2.45, 2.75) is 38.8 Å². The van der Waals surface area contributed by atoms with E-state index in [0.717, 1.165) is 0 Å². The molecule has 1 rings (SSSR count). The van der Waals surface area contributed by atoms with E-state index in [1.807, 2.05) is 26.0 Å². The Balaban J connectivity index is 2.42. The minimum absolute atomic E-state index is 0.0126. The molecular weight excluding hydrogens is 280 g/mol. The summed E-state index contributed by atoms with van der Waals surface area (Å²) in [7, 11) is 0. The van der Waals surface area contributed by atoms with Gasteiger partial charge >= 0.3 is 12.0 Å². The van der Waals surface area contributed by atoms with E-state index in [0.29, 0.717) is 6.42 Å². The Labute approximate surface area is 121 Å². The van der Waals surface area contributed by atoms with E-state index in [1.54, 1.807) is 11.3 Å². The van der Waals surface area contributed by atoms with E-state index in [4.69, 9.17) is 10.2 Å². The van der Waals surface area contributed by atoms with Gasteiger partial charge in [-0.2, -0.15) is 0 Å². The van der Waals surface area contributed by atoms with E-state index in [-0.39, 0.29) is 19.1 Å². The number of hydrogen-bond donors (Lipinski definition) is 4. The van der Waals surface area contributed by atoms with Crippen LogP contribution >= 0.6 is 11.3 Å². The fourth-order valence-electron chi connectivity index (χ4n) is 1.76. The van der Waals surface area contributed by atoms with E-state index in [1.165, 1.54) is 9.75 Å². The van der Waals surface area contributed by atoms with Crippen LogP contribution in [-0.2, 0) is 11.2 Å². The number of nitrogens with one attached hydrogen (secondary N) is 2. The van der Waals surface area contributed by atoms with Gasteiger partial charge in [0.15, 0.2) is 0 Å². The molecule has 0 fully saturated rings. The highest BCUT2D eigenvalue weighted by Crippen LogP contribution is 2.16. The van der Waals surface area contributed by atoms with Crippen molar-refractivity contribution in [1.29, 1.82) is 0 Å². The number of carboxylic acids is 1. The summed E-state index contributed by atoms with van der Waals surface area (Å²) in [5.41, 5.74) is 0. The van der Waals surface area contributed by atoms with Crippen LogP contribution in [0.15, 0.2) is 12.1 Å². The van der Waals surface area contributed by atoms with E-state index in [2.05, 4.69) is 10.6 Å². The van der Waals surface area contributed by atoms with Crippen molar-refractivity contribution in [2.24, 2.45) is 0 Å². The van der Waals surface area contributed by atoms with Gasteiger partial charge in [-0.05, 0) is 26.0 Å². The summed E-state index contributed by atoms with van der Waals surface area (Å²) >= 11 is 1.67. The lowest BCUT2D eigenvalue weighted by Crippen LogP contribution is -2.49. The predicted octanol–water partition coefficient (Wildman–Crippen LogP) is 1.12. The second kappa shape index (κ2) is 7.86. The van der Waals surface area contributed by atoms with Gasteiger partial charge in [0.2, 0.25) is 0 Å². The Morgan fingerprint density at radius 3 is 2.55 bits per heavy atom. The maximum absolute atomic E-state index is 11.7. The Hall–Kier alpha value is -1.60. The van der Waals surface area contributed by atoms with E-state index in [9.17, 15) is 9.59 Å². The number of hydrogen-bond acceptors (Lipinski definition) is 4. The molecule has 0 bridgehead atoms. The van der Waals surface area contributed by atoms with Crippen molar-refractivity contribution < 1.29 is 19.8 Å². The molecule has 2 amide bonds. The van der Waals surface area contributed by atoms with Gasteiger partial charge in [-0.3, -0.25) is 0 Å². The van der Waals surface area contributed by atoms with Gasteiger partial charge in [-0.15, -0.1) is 11.3 Å². The van der Waals surface area contributed by atoms with Gasteiger partial charge in [-0.1, -0.05) is 0 Å². The van der Waals surface area contributed by atoms with Crippen LogP contribution in [0.1, 0.15) is 23.1 Å². The fraction of sp³-hybridized carbons (Fsp3) is 0.538. The molecule has 0 radical (unpaired) electrons. The van der Waals surface area contributed by atoms with E-state index >= 15 is 0 Å². The molecule has 1 aromatic heterocycles. The van der Waals surface area contributed by atoms with Crippen LogP contribution < -0.4 is 10.6 Å². The van der Waals surface area contributed by atoms with Crippen LogP contribution in [0.25, 0.3) is 0 Å². The third-order valence-electron chi connectivity index (χ3n) is 2.70. The first-order chi connectivity index (χ1) is 9.42. The molecular formula is C13H20N2O4S. The molecule has 0 aliphatic rings. The summed E-state index contributed by atoms with van der Waals surface area (Å²) in [5.74, 6) is -1.16. The number of aliphatic hydroxyl groups excluding tert-OH is 1. The highest BCUT2D eigenvalue weighted by Gasteiger charge is 2.20. The van der Waals surface area contributed by atoms with Gasteiger partial charge in [-0.25, -0.2) is 9.59 Å². The van der Waals surface area contributed by atoms with Crippen LogP contribution in [0.2, 0.25) is 0 Å². The SMILES string of the molecule is Cc1ccc(CC(C)NC(=O)NC(CCO)C(=O)O)s1. The molecule has 20 heavy (non-hydrogen) atoms. The summed E-state index contributed by atoms with van der Waals surface area (Å²) in [6, 6.07) is 2.33. The van der Waals surface area contributed by atoms with Gasteiger partial charge in [0.1, 0.15) is 6.04 Å². The zero-order chi connectivity index (χ0) is 15.1. The molecule has 0 aliphatic heterocycles. The molecule has 6 nitrogen and oxygen atoms in total. The molecule has 0 aromatic carbocycles. The minimum atomic E-state index is -1.16. The Bertz CT molecular complexity index is 461. The topological polar surface area (TPSA) is 98.7 Å². The van der Waals surface area contributed by atoms with Gasteiger partial charge in [0.05, 0.1) is 0 Å². The Kier molecular flexibility index (Phi) is 6.47. The number of thiophene rings is 1. The normalized spacial score (nSPS) is 13.6. The predicted molar refractivity (Wildman–Crippen MR) is 77.0 cm³/mol. The summed E-state index contributed by atoms with van der Waals surface area (Å²) in [5, 5.41) is 22.6. The number of carboxylic acid groups (broad SMARTS) is 1. The molecule has 0 saturated heterocycles. The van der Waals surface area contributed by atoms with Gasteiger partial charge < -0.3 is 20.8 Å². The molecule has 7 heteroatoms. The molecule has 2 atom stereocenters. The monoisotopic (exact) mass is 300 g/mol. The zero-order valence-electron chi connectivity index (χ0n) is 11.5. The number of carbonyl (C=O) groups excluding carboxylic acids is 1. The second-order valence-electron chi connectivity index (χ2n) is 4.64. The average molecular weight is 300 g/mol. The summed E-state index contributed by atoms with van der Waals surface area (Å²) in [6.07, 6.45) is 0.685. The van der Waals surface area contributed by atoms with Crippen molar-refractivity contribution in [1.82, 2.24) is 10.6 Å². The lowest BCUT2D eigenvalue weighted by Gasteiger charge is -2.17. The molecule has 0 saturated carbocycles. The minimum Gasteiger partial charge on any atom is -0.480 e. The highest BCUT2D eigenvalue weighted by atomic mass is 32.1. The number of rotatable bonds is 7. The molecule has 0 aliphatic carbocycles. The number of carbonyl (C=O) groups is 2. The average Bonchev–Trinajstić information content (AvgIpc) is 2.73. The number of amides is 2.